The summed E-state index contributed by atoms with van der Waals surface area (Å²) >= 11 is 0. The van der Waals surface area contributed by atoms with Crippen LogP contribution in [0.25, 0.3) is 0 Å². The highest BCUT2D eigenvalue weighted by Crippen LogP contribution is 2.16. The van der Waals surface area contributed by atoms with Crippen molar-refractivity contribution in [3.63, 3.8) is 0 Å². The van der Waals surface area contributed by atoms with Gasteiger partial charge in [-0.1, -0.05) is 0 Å². The number of hydrogen-bond acceptors (Lipinski definition) is 4. The third-order valence-electron chi connectivity index (χ3n) is 3.06. The van der Waals surface area contributed by atoms with E-state index in [1.165, 1.54) is 0 Å². The zero-order valence-electron chi connectivity index (χ0n) is 11.6. The van der Waals surface area contributed by atoms with Crippen molar-refractivity contribution in [2.75, 3.05) is 20.3 Å². The molecule has 0 aliphatic carbocycles. The molecule has 0 aliphatic heterocycles. The van der Waals surface area contributed by atoms with E-state index in [1.807, 2.05) is 38.1 Å². The molecule has 4 heteroatoms. The van der Waals surface area contributed by atoms with Crippen LogP contribution in [0.15, 0.2) is 24.3 Å². The summed E-state index contributed by atoms with van der Waals surface area (Å²) in [5.41, 5.74) is -0.302. The van der Waals surface area contributed by atoms with Gasteiger partial charge in [0.1, 0.15) is 18.1 Å². The number of benzene rings is 1. The van der Waals surface area contributed by atoms with E-state index >= 15 is 0 Å². The fourth-order valence-electron chi connectivity index (χ4n) is 1.36. The van der Waals surface area contributed by atoms with E-state index in [0.29, 0.717) is 13.2 Å². The van der Waals surface area contributed by atoms with Crippen molar-refractivity contribution in [3.05, 3.63) is 24.3 Å². The summed E-state index contributed by atoms with van der Waals surface area (Å²) in [6, 6.07) is 7.47. The molecule has 0 saturated heterocycles. The first-order valence-electron chi connectivity index (χ1n) is 6.15. The average Bonchev–Trinajstić information content (AvgIpc) is 2.35. The molecule has 0 amide bonds. The Labute approximate surface area is 109 Å². The van der Waals surface area contributed by atoms with E-state index in [2.05, 4.69) is 5.32 Å². The molecule has 0 aromatic heterocycles. The minimum absolute atomic E-state index is 0.302. The number of ether oxygens (including phenoxy) is 2. The van der Waals surface area contributed by atoms with Crippen molar-refractivity contribution < 1.29 is 14.6 Å². The summed E-state index contributed by atoms with van der Waals surface area (Å²) in [5.74, 6) is 1.63. The zero-order chi connectivity index (χ0) is 13.6. The maximum absolute atomic E-state index is 9.54. The quantitative estimate of drug-likeness (QED) is 0.728. The van der Waals surface area contributed by atoms with E-state index in [4.69, 9.17) is 9.47 Å². The van der Waals surface area contributed by atoms with Gasteiger partial charge in [-0.25, -0.2) is 0 Å². The Morgan fingerprint density at radius 3 is 2.28 bits per heavy atom. The fraction of sp³-hybridized carbons (Fsp3) is 0.571. The number of nitrogens with one attached hydrogen (secondary N) is 1. The lowest BCUT2D eigenvalue weighted by Gasteiger charge is -2.29. The zero-order valence-corrected chi connectivity index (χ0v) is 11.6. The molecular weight excluding hydrogens is 230 g/mol. The Morgan fingerprint density at radius 1 is 1.22 bits per heavy atom. The van der Waals surface area contributed by atoms with Crippen LogP contribution in [0, 0.1) is 0 Å². The highest BCUT2D eigenvalue weighted by molar-refractivity contribution is 5.31. The van der Waals surface area contributed by atoms with Gasteiger partial charge in [-0.05, 0) is 45.0 Å². The predicted octanol–water partition coefficient (Wildman–Crippen LogP) is 1.82. The first-order chi connectivity index (χ1) is 8.45. The van der Waals surface area contributed by atoms with Gasteiger partial charge in [-0.15, -0.1) is 0 Å². The topological polar surface area (TPSA) is 50.7 Å². The van der Waals surface area contributed by atoms with E-state index in [0.717, 1.165) is 11.5 Å². The first-order valence-corrected chi connectivity index (χ1v) is 6.15. The molecule has 0 fully saturated rings. The monoisotopic (exact) mass is 253 g/mol. The lowest BCUT2D eigenvalue weighted by atomic mass is 9.99. The van der Waals surface area contributed by atoms with Crippen molar-refractivity contribution in [1.82, 2.24) is 5.32 Å². The van der Waals surface area contributed by atoms with Gasteiger partial charge in [-0.2, -0.15) is 0 Å². The first kappa shape index (κ1) is 14.8. The summed E-state index contributed by atoms with van der Waals surface area (Å²) in [4.78, 5) is 0. The largest absolute Gasteiger partial charge is 0.497 e. The highest BCUT2D eigenvalue weighted by Gasteiger charge is 2.22. The maximum Gasteiger partial charge on any atom is 0.119 e. The number of methoxy groups -OCH3 is 1. The summed E-state index contributed by atoms with van der Waals surface area (Å²) in [7, 11) is 1.64. The molecule has 0 bridgehead atoms. The molecule has 18 heavy (non-hydrogen) atoms. The SMILES string of the molecule is COc1ccc(OCCNC(C)(C)C(C)O)cc1. The Morgan fingerprint density at radius 2 is 1.78 bits per heavy atom. The van der Waals surface area contributed by atoms with Crippen molar-refractivity contribution >= 4 is 0 Å². The van der Waals surface area contributed by atoms with Crippen LogP contribution in [-0.4, -0.2) is 37.0 Å². The van der Waals surface area contributed by atoms with Gasteiger partial charge < -0.3 is 19.9 Å². The van der Waals surface area contributed by atoms with Crippen LogP contribution < -0.4 is 14.8 Å². The number of aliphatic hydroxyl groups excluding tert-OH is 1. The van der Waals surface area contributed by atoms with E-state index in [-0.39, 0.29) is 5.54 Å². The van der Waals surface area contributed by atoms with Gasteiger partial charge in [0.15, 0.2) is 0 Å². The van der Waals surface area contributed by atoms with Gasteiger partial charge in [0.05, 0.1) is 13.2 Å². The molecule has 0 spiro atoms. The molecule has 1 atom stereocenters. The summed E-state index contributed by atoms with van der Waals surface area (Å²) in [6.45, 7) is 6.94. The molecule has 0 saturated carbocycles. The van der Waals surface area contributed by atoms with Crippen LogP contribution in [0.5, 0.6) is 11.5 Å². The fourth-order valence-corrected chi connectivity index (χ4v) is 1.36. The van der Waals surface area contributed by atoms with Crippen LogP contribution >= 0.6 is 0 Å². The number of rotatable bonds is 7. The molecule has 0 aliphatic rings. The van der Waals surface area contributed by atoms with Crippen molar-refractivity contribution in [2.24, 2.45) is 0 Å². The molecule has 1 aromatic carbocycles. The maximum atomic E-state index is 9.54. The van der Waals surface area contributed by atoms with Crippen molar-refractivity contribution in [1.29, 1.82) is 0 Å². The van der Waals surface area contributed by atoms with Crippen LogP contribution in [0.2, 0.25) is 0 Å². The molecule has 1 aromatic rings. The van der Waals surface area contributed by atoms with Gasteiger partial charge in [0, 0.05) is 12.1 Å². The van der Waals surface area contributed by atoms with E-state index < -0.39 is 6.10 Å². The van der Waals surface area contributed by atoms with Crippen LogP contribution in [0.4, 0.5) is 0 Å². The lowest BCUT2D eigenvalue weighted by Crippen LogP contribution is -2.49. The van der Waals surface area contributed by atoms with Crippen molar-refractivity contribution in [3.8, 4) is 11.5 Å². The lowest BCUT2D eigenvalue weighted by molar-refractivity contribution is 0.0937. The molecule has 102 valence electrons. The summed E-state index contributed by atoms with van der Waals surface area (Å²) in [5, 5.41) is 12.8. The van der Waals surface area contributed by atoms with Crippen LogP contribution in [-0.2, 0) is 0 Å². The smallest absolute Gasteiger partial charge is 0.119 e. The minimum atomic E-state index is -0.404. The molecule has 1 rings (SSSR count). The Kier molecular flexibility index (Phi) is 5.44. The second-order valence-electron chi connectivity index (χ2n) is 4.85. The normalized spacial score (nSPS) is 13.2. The Balaban J connectivity index is 2.29. The highest BCUT2D eigenvalue weighted by atomic mass is 16.5. The van der Waals surface area contributed by atoms with Crippen LogP contribution in [0.1, 0.15) is 20.8 Å². The molecule has 2 N–H and O–H groups in total. The molecule has 4 nitrogen and oxygen atoms in total. The Hall–Kier alpha value is -1.26. The van der Waals surface area contributed by atoms with Gasteiger partial charge in [0.25, 0.3) is 0 Å². The number of hydrogen-bond donors (Lipinski definition) is 2. The van der Waals surface area contributed by atoms with E-state index in [1.54, 1.807) is 14.0 Å². The summed E-state index contributed by atoms with van der Waals surface area (Å²) in [6.07, 6.45) is -0.404. The molecule has 0 radical (unpaired) electrons. The van der Waals surface area contributed by atoms with Crippen LogP contribution in [0.3, 0.4) is 0 Å². The third-order valence-corrected chi connectivity index (χ3v) is 3.06. The molecule has 1 unspecified atom stereocenters. The third kappa shape index (κ3) is 4.55. The molecule has 0 heterocycles. The van der Waals surface area contributed by atoms with Gasteiger partial charge in [-0.3, -0.25) is 0 Å². The average molecular weight is 253 g/mol. The number of aliphatic hydroxyl groups is 1. The molecular formula is C14H23NO3. The minimum Gasteiger partial charge on any atom is -0.497 e. The second kappa shape index (κ2) is 6.61. The van der Waals surface area contributed by atoms with E-state index in [9.17, 15) is 5.11 Å². The van der Waals surface area contributed by atoms with Gasteiger partial charge in [0.2, 0.25) is 0 Å². The second-order valence-corrected chi connectivity index (χ2v) is 4.85. The predicted molar refractivity (Wildman–Crippen MR) is 72.3 cm³/mol. The van der Waals surface area contributed by atoms with Crippen molar-refractivity contribution in [2.45, 2.75) is 32.4 Å². The Bertz CT molecular complexity index is 347. The van der Waals surface area contributed by atoms with Gasteiger partial charge >= 0.3 is 0 Å². The standard InChI is InChI=1S/C14H23NO3/c1-11(16)14(2,3)15-9-10-18-13-7-5-12(17-4)6-8-13/h5-8,11,15-16H,9-10H2,1-4H3. The summed E-state index contributed by atoms with van der Waals surface area (Å²) < 4.78 is 10.7.